The third-order valence-electron chi connectivity index (χ3n) is 5.70. The zero-order chi connectivity index (χ0) is 20.6. The van der Waals surface area contributed by atoms with Gasteiger partial charge in [-0.3, -0.25) is 9.59 Å². The first kappa shape index (κ1) is 21.1. The number of hydrogen-bond acceptors (Lipinski definition) is 3. The highest BCUT2D eigenvalue weighted by molar-refractivity contribution is 6.35. The Balaban J connectivity index is 1.34. The van der Waals surface area contributed by atoms with Crippen LogP contribution in [0.3, 0.4) is 0 Å². The fraction of sp³-hybridized carbons (Fsp3) is 0.571. The van der Waals surface area contributed by atoms with Crippen molar-refractivity contribution in [2.75, 3.05) is 25.0 Å². The molecule has 2 aliphatic rings. The van der Waals surface area contributed by atoms with Crippen molar-refractivity contribution in [1.82, 2.24) is 15.5 Å². The summed E-state index contributed by atoms with van der Waals surface area (Å²) in [4.78, 5) is 38.1. The summed E-state index contributed by atoms with van der Waals surface area (Å²) in [5, 5.41) is 8.30. The summed E-state index contributed by atoms with van der Waals surface area (Å²) in [5.41, 5.74) is 0.551. The molecular formula is C21H29FN4O3. The van der Waals surface area contributed by atoms with Crippen LogP contribution in [0.2, 0.25) is 0 Å². The van der Waals surface area contributed by atoms with E-state index in [1.807, 2.05) is 0 Å². The number of hydrogen-bond donors (Lipinski definition) is 3. The van der Waals surface area contributed by atoms with Crippen LogP contribution in [-0.4, -0.2) is 48.4 Å². The smallest absolute Gasteiger partial charge is 0.321 e. The second-order valence-corrected chi connectivity index (χ2v) is 7.89. The Labute approximate surface area is 170 Å². The maximum Gasteiger partial charge on any atom is 0.321 e. The van der Waals surface area contributed by atoms with Gasteiger partial charge in [0, 0.05) is 31.4 Å². The highest BCUT2D eigenvalue weighted by atomic mass is 19.1. The molecule has 1 saturated carbocycles. The van der Waals surface area contributed by atoms with Gasteiger partial charge in [0.2, 0.25) is 0 Å². The fourth-order valence-corrected chi connectivity index (χ4v) is 3.89. The number of piperidine rings is 1. The van der Waals surface area contributed by atoms with E-state index in [0.717, 1.165) is 38.5 Å². The molecule has 0 atom stereocenters. The minimum atomic E-state index is -0.577. The maximum absolute atomic E-state index is 12.9. The predicted octanol–water partition coefficient (Wildman–Crippen LogP) is 2.63. The van der Waals surface area contributed by atoms with E-state index in [1.165, 1.54) is 30.7 Å². The van der Waals surface area contributed by atoms with E-state index in [0.29, 0.717) is 25.3 Å². The van der Waals surface area contributed by atoms with Crippen LogP contribution in [0, 0.1) is 11.7 Å². The van der Waals surface area contributed by atoms with E-state index in [9.17, 15) is 18.8 Å². The molecule has 2 fully saturated rings. The van der Waals surface area contributed by atoms with Crippen molar-refractivity contribution in [1.29, 1.82) is 0 Å². The van der Waals surface area contributed by atoms with Crippen molar-refractivity contribution in [2.45, 2.75) is 51.0 Å². The SMILES string of the molecule is O=C(NCC1CCN(C(=O)Nc2ccc(F)cc2)CC1)C(=O)NC1CCCCC1. The van der Waals surface area contributed by atoms with Crippen LogP contribution in [-0.2, 0) is 9.59 Å². The summed E-state index contributed by atoms with van der Waals surface area (Å²) < 4.78 is 12.9. The van der Waals surface area contributed by atoms with Crippen molar-refractivity contribution in [3.05, 3.63) is 30.1 Å². The summed E-state index contributed by atoms with van der Waals surface area (Å²) in [7, 11) is 0. The molecule has 1 heterocycles. The molecule has 29 heavy (non-hydrogen) atoms. The van der Waals surface area contributed by atoms with Gasteiger partial charge in [0.1, 0.15) is 5.82 Å². The first-order valence-corrected chi connectivity index (χ1v) is 10.4. The Morgan fingerprint density at radius 3 is 2.24 bits per heavy atom. The van der Waals surface area contributed by atoms with Crippen LogP contribution in [0.5, 0.6) is 0 Å². The predicted molar refractivity (Wildman–Crippen MR) is 108 cm³/mol. The van der Waals surface area contributed by atoms with E-state index >= 15 is 0 Å². The highest BCUT2D eigenvalue weighted by Crippen LogP contribution is 2.19. The molecule has 8 heteroatoms. The molecular weight excluding hydrogens is 375 g/mol. The van der Waals surface area contributed by atoms with Crippen molar-refractivity contribution in [3.63, 3.8) is 0 Å². The second kappa shape index (κ2) is 10.2. The standard InChI is InChI=1S/C21H29FN4O3/c22-16-6-8-18(9-7-16)25-21(29)26-12-10-15(11-13-26)14-23-19(27)20(28)24-17-4-2-1-3-5-17/h6-9,15,17H,1-5,10-14H2,(H,23,27)(H,24,28)(H,25,29). The molecule has 1 aliphatic heterocycles. The van der Waals surface area contributed by atoms with Crippen LogP contribution in [0.25, 0.3) is 0 Å². The molecule has 3 rings (SSSR count). The number of nitrogens with zero attached hydrogens (tertiary/aromatic N) is 1. The first-order chi connectivity index (χ1) is 14.0. The van der Waals surface area contributed by atoms with Crippen LogP contribution < -0.4 is 16.0 Å². The van der Waals surface area contributed by atoms with Gasteiger partial charge < -0.3 is 20.9 Å². The Hall–Kier alpha value is -2.64. The molecule has 0 bridgehead atoms. The lowest BCUT2D eigenvalue weighted by atomic mass is 9.95. The Morgan fingerprint density at radius 1 is 0.931 bits per heavy atom. The zero-order valence-corrected chi connectivity index (χ0v) is 16.6. The van der Waals surface area contributed by atoms with Crippen LogP contribution in [0.4, 0.5) is 14.9 Å². The van der Waals surface area contributed by atoms with Crippen molar-refractivity contribution in [3.8, 4) is 0 Å². The largest absolute Gasteiger partial charge is 0.348 e. The molecule has 1 aromatic rings. The summed E-state index contributed by atoms with van der Waals surface area (Å²) in [6.45, 7) is 1.58. The molecule has 0 unspecified atom stereocenters. The van der Waals surface area contributed by atoms with Crippen molar-refractivity contribution < 1.29 is 18.8 Å². The van der Waals surface area contributed by atoms with E-state index in [2.05, 4.69) is 16.0 Å². The molecule has 3 N–H and O–H groups in total. The van der Waals surface area contributed by atoms with Gasteiger partial charge in [-0.2, -0.15) is 0 Å². The molecule has 1 aliphatic carbocycles. The third-order valence-corrected chi connectivity index (χ3v) is 5.70. The quantitative estimate of drug-likeness (QED) is 0.674. The summed E-state index contributed by atoms with van der Waals surface area (Å²) in [6, 6.07) is 5.54. The fourth-order valence-electron chi connectivity index (χ4n) is 3.89. The summed E-state index contributed by atoms with van der Waals surface area (Å²) in [6.07, 6.45) is 6.77. The van der Waals surface area contributed by atoms with E-state index in [4.69, 9.17) is 0 Å². The number of urea groups is 1. The number of rotatable bonds is 4. The number of amides is 4. The van der Waals surface area contributed by atoms with Gasteiger partial charge >= 0.3 is 17.8 Å². The van der Waals surface area contributed by atoms with Gasteiger partial charge in [0.25, 0.3) is 0 Å². The Bertz CT molecular complexity index is 711. The average Bonchev–Trinajstić information content (AvgIpc) is 2.74. The summed E-state index contributed by atoms with van der Waals surface area (Å²) in [5.74, 6) is -1.24. The Morgan fingerprint density at radius 2 is 1.59 bits per heavy atom. The topological polar surface area (TPSA) is 90.5 Å². The zero-order valence-electron chi connectivity index (χ0n) is 16.6. The molecule has 7 nitrogen and oxygen atoms in total. The number of anilines is 1. The van der Waals surface area contributed by atoms with E-state index < -0.39 is 11.8 Å². The van der Waals surface area contributed by atoms with Gasteiger partial charge in [0.15, 0.2) is 0 Å². The lowest BCUT2D eigenvalue weighted by Gasteiger charge is -2.32. The number of benzene rings is 1. The Kier molecular flexibility index (Phi) is 7.43. The number of likely N-dealkylation sites (tertiary alicyclic amines) is 1. The van der Waals surface area contributed by atoms with Gasteiger partial charge in [-0.1, -0.05) is 19.3 Å². The monoisotopic (exact) mass is 404 g/mol. The van der Waals surface area contributed by atoms with E-state index in [1.54, 1.807) is 4.90 Å². The molecule has 158 valence electrons. The number of carbonyl (C=O) groups is 3. The lowest BCUT2D eigenvalue weighted by molar-refractivity contribution is -0.139. The molecule has 1 saturated heterocycles. The maximum atomic E-state index is 12.9. The van der Waals surface area contributed by atoms with Gasteiger partial charge in [-0.25, -0.2) is 9.18 Å². The first-order valence-electron chi connectivity index (χ1n) is 10.4. The minimum Gasteiger partial charge on any atom is -0.348 e. The second-order valence-electron chi connectivity index (χ2n) is 7.89. The van der Waals surface area contributed by atoms with Crippen molar-refractivity contribution in [2.24, 2.45) is 5.92 Å². The molecule has 1 aromatic carbocycles. The number of halogens is 1. The van der Waals surface area contributed by atoms with Crippen molar-refractivity contribution >= 4 is 23.5 Å². The van der Waals surface area contributed by atoms with Crippen LogP contribution in [0.15, 0.2) is 24.3 Å². The average molecular weight is 404 g/mol. The molecule has 0 spiro atoms. The lowest BCUT2D eigenvalue weighted by Crippen LogP contribution is -2.47. The van der Waals surface area contributed by atoms with E-state index in [-0.39, 0.29) is 23.8 Å². The number of nitrogens with one attached hydrogen (secondary N) is 3. The van der Waals surface area contributed by atoms with Crippen LogP contribution in [0.1, 0.15) is 44.9 Å². The molecule has 4 amide bonds. The highest BCUT2D eigenvalue weighted by Gasteiger charge is 2.25. The third kappa shape index (κ3) is 6.44. The van der Waals surface area contributed by atoms with Gasteiger partial charge in [-0.15, -0.1) is 0 Å². The normalized spacial score (nSPS) is 18.2. The number of carbonyl (C=O) groups excluding carboxylic acids is 3. The molecule has 0 radical (unpaired) electrons. The van der Waals surface area contributed by atoms with Gasteiger partial charge in [0.05, 0.1) is 0 Å². The minimum absolute atomic E-state index is 0.116. The summed E-state index contributed by atoms with van der Waals surface area (Å²) >= 11 is 0. The van der Waals surface area contributed by atoms with Gasteiger partial charge in [-0.05, 0) is 55.9 Å². The van der Waals surface area contributed by atoms with Crippen LogP contribution >= 0.6 is 0 Å². The molecule has 0 aromatic heterocycles.